The number of carbonyl (C=O) groups excluding carboxylic acids is 2. The number of nitrogens with one attached hydrogen (secondary N) is 2. The van der Waals surface area contributed by atoms with Crippen molar-refractivity contribution in [2.75, 3.05) is 54.9 Å². The van der Waals surface area contributed by atoms with E-state index >= 15 is 0 Å². The average Bonchev–Trinajstić information content (AvgIpc) is 3.56. The molecule has 5 rings (SSSR count). The normalized spacial score (nSPS) is 14.7. The first-order chi connectivity index (χ1) is 20.4. The first kappa shape index (κ1) is 29.1. The first-order valence-corrected chi connectivity index (χ1v) is 14.8. The zero-order valence-electron chi connectivity index (χ0n) is 24.9. The van der Waals surface area contributed by atoms with Crippen LogP contribution in [0.2, 0.25) is 0 Å². The topological polar surface area (TPSA) is 67.9 Å². The minimum atomic E-state index is -0.167. The summed E-state index contributed by atoms with van der Waals surface area (Å²) in [5.41, 5.74) is 7.65. The highest BCUT2D eigenvalue weighted by molar-refractivity contribution is 6.07. The molecule has 2 aliphatic rings. The Morgan fingerprint density at radius 1 is 0.857 bits per heavy atom. The molecular formula is C35H41N5O2. The SMILES string of the molecule is CCN(C)Cc1cccc(CNC(=O)c2ccc(N3CCN(c4ccccc4C)CC3)c(NC(=O)C3=CC=CC3)c2)c1. The number of nitrogens with zero attached hydrogens (tertiary/aromatic N) is 3. The Bertz CT molecular complexity index is 1490. The number of hydrogen-bond donors (Lipinski definition) is 2. The molecule has 42 heavy (non-hydrogen) atoms. The van der Waals surface area contributed by atoms with Crippen LogP contribution in [0.25, 0.3) is 0 Å². The van der Waals surface area contributed by atoms with Crippen molar-refractivity contribution < 1.29 is 9.59 Å². The molecule has 0 saturated carbocycles. The number of aryl methyl sites for hydroxylation is 1. The lowest BCUT2D eigenvalue weighted by atomic mass is 10.1. The molecule has 1 aliphatic carbocycles. The van der Waals surface area contributed by atoms with Gasteiger partial charge in [-0.25, -0.2) is 0 Å². The molecule has 7 heteroatoms. The molecule has 1 aliphatic heterocycles. The Balaban J connectivity index is 1.30. The molecule has 0 spiro atoms. The van der Waals surface area contributed by atoms with Crippen molar-refractivity contribution in [3.8, 4) is 0 Å². The van der Waals surface area contributed by atoms with E-state index in [-0.39, 0.29) is 11.8 Å². The lowest BCUT2D eigenvalue weighted by Gasteiger charge is -2.38. The van der Waals surface area contributed by atoms with Crippen LogP contribution < -0.4 is 20.4 Å². The Kier molecular flexibility index (Phi) is 9.39. The molecule has 0 radical (unpaired) electrons. The monoisotopic (exact) mass is 563 g/mol. The van der Waals surface area contributed by atoms with Crippen molar-refractivity contribution in [3.05, 3.63) is 113 Å². The number of amides is 2. The number of para-hydroxylation sites is 1. The highest BCUT2D eigenvalue weighted by atomic mass is 16.2. The number of anilines is 3. The van der Waals surface area contributed by atoms with E-state index in [0.717, 1.165) is 50.5 Å². The molecule has 218 valence electrons. The third-order valence-corrected chi connectivity index (χ3v) is 8.08. The second kappa shape index (κ2) is 13.5. The van der Waals surface area contributed by atoms with Crippen LogP contribution >= 0.6 is 0 Å². The maximum atomic E-state index is 13.3. The van der Waals surface area contributed by atoms with Crippen LogP contribution in [0.1, 0.15) is 40.4 Å². The summed E-state index contributed by atoms with van der Waals surface area (Å²) in [5, 5.41) is 6.18. The summed E-state index contributed by atoms with van der Waals surface area (Å²) >= 11 is 0. The van der Waals surface area contributed by atoms with Crippen LogP contribution in [0.5, 0.6) is 0 Å². The molecule has 3 aromatic rings. The summed E-state index contributed by atoms with van der Waals surface area (Å²) in [7, 11) is 2.10. The van der Waals surface area contributed by atoms with Gasteiger partial charge in [0.2, 0.25) is 0 Å². The van der Waals surface area contributed by atoms with Crippen LogP contribution in [0, 0.1) is 6.92 Å². The van der Waals surface area contributed by atoms with Crippen molar-refractivity contribution in [3.63, 3.8) is 0 Å². The number of rotatable bonds is 10. The van der Waals surface area contributed by atoms with E-state index in [1.807, 2.05) is 48.6 Å². The van der Waals surface area contributed by atoms with Crippen molar-refractivity contribution in [1.29, 1.82) is 0 Å². The number of benzene rings is 3. The Labute approximate surface area is 249 Å². The van der Waals surface area contributed by atoms with Gasteiger partial charge in [-0.2, -0.15) is 0 Å². The van der Waals surface area contributed by atoms with Gasteiger partial charge >= 0.3 is 0 Å². The van der Waals surface area contributed by atoms with Gasteiger partial charge in [-0.3, -0.25) is 9.59 Å². The van der Waals surface area contributed by atoms with Crippen LogP contribution in [0.15, 0.2) is 90.5 Å². The Morgan fingerprint density at radius 2 is 1.60 bits per heavy atom. The predicted octanol–water partition coefficient (Wildman–Crippen LogP) is 5.53. The third kappa shape index (κ3) is 7.09. The van der Waals surface area contributed by atoms with Crippen LogP contribution in [0.4, 0.5) is 17.1 Å². The molecule has 0 unspecified atom stereocenters. The number of carbonyl (C=O) groups is 2. The van der Waals surface area contributed by atoms with E-state index < -0.39 is 0 Å². The van der Waals surface area contributed by atoms with Crippen LogP contribution in [0.3, 0.4) is 0 Å². The fraction of sp³-hybridized carbons (Fsp3) is 0.314. The van der Waals surface area contributed by atoms with Crippen molar-refractivity contribution >= 4 is 28.9 Å². The minimum absolute atomic E-state index is 0.133. The van der Waals surface area contributed by atoms with E-state index in [1.165, 1.54) is 16.8 Å². The van der Waals surface area contributed by atoms with Crippen LogP contribution in [-0.2, 0) is 17.9 Å². The number of hydrogen-bond acceptors (Lipinski definition) is 5. The fourth-order valence-corrected chi connectivity index (χ4v) is 5.52. The lowest BCUT2D eigenvalue weighted by molar-refractivity contribution is -0.112. The molecule has 0 atom stereocenters. The summed E-state index contributed by atoms with van der Waals surface area (Å²) in [6.07, 6.45) is 6.34. The maximum absolute atomic E-state index is 13.3. The molecule has 1 heterocycles. The number of allylic oxidation sites excluding steroid dienone is 3. The van der Waals surface area contributed by atoms with Gasteiger partial charge in [0, 0.05) is 56.1 Å². The summed E-state index contributed by atoms with van der Waals surface area (Å²) in [6.45, 7) is 9.95. The molecule has 3 aromatic carbocycles. The molecular weight excluding hydrogens is 522 g/mol. The second-order valence-electron chi connectivity index (χ2n) is 11.1. The molecule has 1 saturated heterocycles. The van der Waals surface area contributed by atoms with Crippen LogP contribution in [-0.4, -0.2) is 56.5 Å². The van der Waals surface area contributed by atoms with Gasteiger partial charge in [0.25, 0.3) is 11.8 Å². The third-order valence-electron chi connectivity index (χ3n) is 8.08. The molecule has 2 N–H and O–H groups in total. The first-order valence-electron chi connectivity index (χ1n) is 14.8. The Hall–Kier alpha value is -4.36. The van der Waals surface area contributed by atoms with Crippen molar-refractivity contribution in [2.24, 2.45) is 0 Å². The predicted molar refractivity (Wildman–Crippen MR) is 172 cm³/mol. The smallest absolute Gasteiger partial charge is 0.251 e. The van der Waals surface area contributed by atoms with E-state index in [1.54, 1.807) is 0 Å². The summed E-state index contributed by atoms with van der Waals surface area (Å²) in [4.78, 5) is 33.3. The Morgan fingerprint density at radius 3 is 2.31 bits per heavy atom. The van der Waals surface area contributed by atoms with E-state index in [9.17, 15) is 9.59 Å². The van der Waals surface area contributed by atoms with Gasteiger partial charge in [-0.15, -0.1) is 0 Å². The van der Waals surface area contributed by atoms with Gasteiger partial charge < -0.3 is 25.3 Å². The van der Waals surface area contributed by atoms with Crippen molar-refractivity contribution in [1.82, 2.24) is 10.2 Å². The highest BCUT2D eigenvalue weighted by Crippen LogP contribution is 2.31. The highest BCUT2D eigenvalue weighted by Gasteiger charge is 2.23. The minimum Gasteiger partial charge on any atom is -0.368 e. The van der Waals surface area contributed by atoms with Crippen molar-refractivity contribution in [2.45, 2.75) is 33.4 Å². The van der Waals surface area contributed by atoms with E-state index in [0.29, 0.717) is 29.8 Å². The molecule has 1 fully saturated rings. The second-order valence-corrected chi connectivity index (χ2v) is 11.1. The summed E-state index contributed by atoms with van der Waals surface area (Å²) < 4.78 is 0. The van der Waals surface area contributed by atoms with Gasteiger partial charge in [-0.1, -0.05) is 67.6 Å². The molecule has 7 nitrogen and oxygen atoms in total. The largest absolute Gasteiger partial charge is 0.368 e. The van der Waals surface area contributed by atoms with E-state index in [2.05, 4.69) is 82.6 Å². The zero-order chi connectivity index (χ0) is 29.5. The summed E-state index contributed by atoms with van der Waals surface area (Å²) in [5.74, 6) is -0.300. The summed E-state index contributed by atoms with van der Waals surface area (Å²) in [6, 6.07) is 22.4. The average molecular weight is 564 g/mol. The molecule has 2 amide bonds. The number of piperazine rings is 1. The van der Waals surface area contributed by atoms with Gasteiger partial charge in [0.05, 0.1) is 11.4 Å². The molecule has 0 aromatic heterocycles. The molecule has 0 bridgehead atoms. The standard InChI is InChI=1S/C35H41N5O2/c1-4-38(3)25-28-12-9-11-27(22-28)24-36-34(41)30-16-17-33(31(23-30)37-35(42)29-13-6-7-14-29)40-20-18-39(19-21-40)32-15-8-5-10-26(32)2/h5-13,15-17,22-23H,4,14,18-21,24-25H2,1-3H3,(H,36,41)(H,37,42). The lowest BCUT2D eigenvalue weighted by Crippen LogP contribution is -2.47. The fourth-order valence-electron chi connectivity index (χ4n) is 5.52. The quantitative estimate of drug-likeness (QED) is 0.340. The van der Waals surface area contributed by atoms with Gasteiger partial charge in [0.1, 0.15) is 0 Å². The zero-order valence-corrected chi connectivity index (χ0v) is 24.9. The van der Waals surface area contributed by atoms with Gasteiger partial charge in [0.15, 0.2) is 0 Å². The maximum Gasteiger partial charge on any atom is 0.251 e. The van der Waals surface area contributed by atoms with Gasteiger partial charge in [-0.05, 0) is 67.9 Å². The van der Waals surface area contributed by atoms with E-state index in [4.69, 9.17) is 0 Å².